The standard InChI is InChI=1S/C21H27N3O6/c1-13(2)21(3,12-22)23-18(25)11-30-20(27)14-8-19(26)24(10-14)16-7-6-15(28-4)9-17(16)29-5/h6-7,9,13-14H,8,10-11H2,1-5H3,(H,23,25)/t14-,21-/m0/s1. The van der Waals surface area contributed by atoms with Crippen LogP contribution in [0.4, 0.5) is 5.69 Å². The minimum absolute atomic E-state index is 0.0302. The first kappa shape index (κ1) is 23.0. The molecule has 0 spiro atoms. The number of anilines is 1. The predicted molar refractivity (Wildman–Crippen MR) is 108 cm³/mol. The maximum Gasteiger partial charge on any atom is 0.311 e. The Morgan fingerprint density at radius 2 is 2.03 bits per heavy atom. The molecule has 30 heavy (non-hydrogen) atoms. The fourth-order valence-corrected chi connectivity index (χ4v) is 2.99. The van der Waals surface area contributed by atoms with Crippen molar-refractivity contribution in [3.8, 4) is 17.6 Å². The third-order valence-electron chi connectivity index (χ3n) is 5.27. The van der Waals surface area contributed by atoms with E-state index in [1.54, 1.807) is 25.1 Å². The Bertz CT molecular complexity index is 863. The normalized spacial score (nSPS) is 17.8. The van der Waals surface area contributed by atoms with Crippen molar-refractivity contribution in [3.05, 3.63) is 18.2 Å². The topological polar surface area (TPSA) is 118 Å². The fraction of sp³-hybridized carbons (Fsp3) is 0.524. The number of carbonyl (C=O) groups is 3. The Morgan fingerprint density at radius 3 is 2.60 bits per heavy atom. The zero-order valence-electron chi connectivity index (χ0n) is 17.9. The van der Waals surface area contributed by atoms with Gasteiger partial charge in [0.25, 0.3) is 5.91 Å². The quantitative estimate of drug-likeness (QED) is 0.639. The molecule has 1 saturated heterocycles. The SMILES string of the molecule is COc1ccc(N2C[C@@H](C(=O)OCC(=O)N[C@@](C)(C#N)C(C)C)CC2=O)c(OC)c1. The molecule has 2 rings (SSSR count). The molecule has 0 aliphatic carbocycles. The van der Waals surface area contributed by atoms with Crippen LogP contribution in [0.25, 0.3) is 0 Å². The molecule has 0 bridgehead atoms. The molecule has 1 aromatic carbocycles. The second kappa shape index (κ2) is 9.48. The van der Waals surface area contributed by atoms with E-state index in [0.29, 0.717) is 17.2 Å². The Morgan fingerprint density at radius 1 is 1.33 bits per heavy atom. The van der Waals surface area contributed by atoms with Crippen molar-refractivity contribution in [2.24, 2.45) is 11.8 Å². The van der Waals surface area contributed by atoms with E-state index >= 15 is 0 Å². The minimum atomic E-state index is -1.06. The van der Waals surface area contributed by atoms with Gasteiger partial charge in [0, 0.05) is 19.0 Å². The number of methoxy groups -OCH3 is 2. The molecule has 162 valence electrons. The number of esters is 1. The predicted octanol–water partition coefficient (Wildman–Crippen LogP) is 1.65. The van der Waals surface area contributed by atoms with E-state index in [2.05, 4.69) is 11.4 Å². The van der Waals surface area contributed by atoms with Gasteiger partial charge in [-0.15, -0.1) is 0 Å². The van der Waals surface area contributed by atoms with Gasteiger partial charge < -0.3 is 24.4 Å². The number of nitrogens with one attached hydrogen (secondary N) is 1. The number of amides is 2. The van der Waals surface area contributed by atoms with Crippen molar-refractivity contribution in [1.82, 2.24) is 5.32 Å². The summed E-state index contributed by atoms with van der Waals surface area (Å²) in [5, 5.41) is 11.8. The van der Waals surface area contributed by atoms with Crippen LogP contribution in [0, 0.1) is 23.2 Å². The third-order valence-corrected chi connectivity index (χ3v) is 5.27. The molecule has 1 fully saturated rings. The minimum Gasteiger partial charge on any atom is -0.497 e. The summed E-state index contributed by atoms with van der Waals surface area (Å²) in [6.07, 6.45) is -0.0302. The Balaban J connectivity index is 1.99. The average Bonchev–Trinajstić information content (AvgIpc) is 3.12. The maximum atomic E-state index is 12.5. The van der Waals surface area contributed by atoms with Crippen LogP contribution < -0.4 is 19.7 Å². The molecule has 1 aliphatic rings. The van der Waals surface area contributed by atoms with Gasteiger partial charge in [-0.25, -0.2) is 0 Å². The van der Waals surface area contributed by atoms with Crippen molar-refractivity contribution < 1.29 is 28.6 Å². The molecule has 0 unspecified atom stereocenters. The van der Waals surface area contributed by atoms with Gasteiger partial charge in [-0.2, -0.15) is 5.26 Å². The van der Waals surface area contributed by atoms with Crippen molar-refractivity contribution in [2.75, 3.05) is 32.3 Å². The van der Waals surface area contributed by atoms with Crippen molar-refractivity contribution in [2.45, 2.75) is 32.7 Å². The Kier molecular flexibility index (Phi) is 7.27. The number of nitriles is 1. The van der Waals surface area contributed by atoms with Crippen LogP contribution in [0.5, 0.6) is 11.5 Å². The first-order valence-corrected chi connectivity index (χ1v) is 9.56. The van der Waals surface area contributed by atoms with Crippen LogP contribution >= 0.6 is 0 Å². The third kappa shape index (κ3) is 5.00. The number of benzene rings is 1. The van der Waals surface area contributed by atoms with Crippen LogP contribution in [0.1, 0.15) is 27.2 Å². The van der Waals surface area contributed by atoms with Crippen LogP contribution in [0.15, 0.2) is 18.2 Å². The van der Waals surface area contributed by atoms with E-state index < -0.39 is 29.9 Å². The van der Waals surface area contributed by atoms with E-state index in [-0.39, 0.29) is 24.8 Å². The van der Waals surface area contributed by atoms with Crippen molar-refractivity contribution in [3.63, 3.8) is 0 Å². The monoisotopic (exact) mass is 417 g/mol. The molecule has 2 atom stereocenters. The highest BCUT2D eigenvalue weighted by Crippen LogP contribution is 2.36. The summed E-state index contributed by atoms with van der Waals surface area (Å²) < 4.78 is 15.6. The second-order valence-electron chi connectivity index (χ2n) is 7.57. The highest BCUT2D eigenvalue weighted by molar-refractivity contribution is 6.00. The lowest BCUT2D eigenvalue weighted by Crippen LogP contribution is -2.50. The van der Waals surface area contributed by atoms with Gasteiger partial charge in [-0.05, 0) is 25.0 Å². The molecule has 1 heterocycles. The number of hydrogen-bond donors (Lipinski definition) is 1. The van der Waals surface area contributed by atoms with E-state index in [1.807, 2.05) is 13.8 Å². The molecule has 0 radical (unpaired) electrons. The largest absolute Gasteiger partial charge is 0.497 e. The molecule has 9 nitrogen and oxygen atoms in total. The smallest absolute Gasteiger partial charge is 0.311 e. The summed E-state index contributed by atoms with van der Waals surface area (Å²) in [6, 6.07) is 7.09. The van der Waals surface area contributed by atoms with E-state index in [9.17, 15) is 19.6 Å². The van der Waals surface area contributed by atoms with Crippen molar-refractivity contribution in [1.29, 1.82) is 5.26 Å². The van der Waals surface area contributed by atoms with Gasteiger partial charge in [0.2, 0.25) is 5.91 Å². The Labute approximate surface area is 175 Å². The molecular formula is C21H27N3O6. The number of nitrogens with zero attached hydrogens (tertiary/aromatic N) is 2. The summed E-state index contributed by atoms with van der Waals surface area (Å²) >= 11 is 0. The Hall–Kier alpha value is -3.28. The van der Waals surface area contributed by atoms with Crippen LogP contribution in [0.2, 0.25) is 0 Å². The fourth-order valence-electron chi connectivity index (χ4n) is 2.99. The number of rotatable bonds is 8. The molecule has 1 N–H and O–H groups in total. The number of hydrogen-bond acceptors (Lipinski definition) is 7. The van der Waals surface area contributed by atoms with Gasteiger partial charge in [0.15, 0.2) is 6.61 Å². The molecule has 1 aliphatic heterocycles. The average molecular weight is 417 g/mol. The summed E-state index contributed by atoms with van der Waals surface area (Å²) in [5.41, 5.74) is -0.535. The highest BCUT2D eigenvalue weighted by Gasteiger charge is 2.38. The summed E-state index contributed by atoms with van der Waals surface area (Å²) in [5.74, 6) is -1.26. The maximum absolute atomic E-state index is 12.5. The van der Waals surface area contributed by atoms with Gasteiger partial charge in [0.1, 0.15) is 17.0 Å². The van der Waals surface area contributed by atoms with Crippen molar-refractivity contribution >= 4 is 23.5 Å². The molecule has 0 saturated carbocycles. The molecule has 0 aromatic heterocycles. The highest BCUT2D eigenvalue weighted by atomic mass is 16.5. The number of ether oxygens (including phenoxy) is 3. The first-order valence-electron chi connectivity index (χ1n) is 9.56. The molecule has 2 amide bonds. The lowest BCUT2D eigenvalue weighted by molar-refractivity contribution is -0.152. The van der Waals surface area contributed by atoms with Crippen LogP contribution in [0.3, 0.4) is 0 Å². The summed E-state index contributed by atoms with van der Waals surface area (Å²) in [4.78, 5) is 38.4. The van der Waals surface area contributed by atoms with Gasteiger partial charge in [-0.1, -0.05) is 13.8 Å². The van der Waals surface area contributed by atoms with Gasteiger partial charge >= 0.3 is 5.97 Å². The second-order valence-corrected chi connectivity index (χ2v) is 7.57. The van der Waals surface area contributed by atoms with E-state index in [0.717, 1.165) is 0 Å². The summed E-state index contributed by atoms with van der Waals surface area (Å²) in [6.45, 7) is 4.82. The lowest BCUT2D eigenvalue weighted by Gasteiger charge is -2.27. The zero-order chi connectivity index (χ0) is 22.5. The van der Waals surface area contributed by atoms with E-state index in [4.69, 9.17) is 14.2 Å². The van der Waals surface area contributed by atoms with E-state index in [1.165, 1.54) is 19.1 Å². The lowest BCUT2D eigenvalue weighted by atomic mass is 9.90. The van der Waals surface area contributed by atoms with Gasteiger partial charge in [0.05, 0.1) is 31.9 Å². The molecule has 9 heteroatoms. The van der Waals surface area contributed by atoms with Crippen LogP contribution in [-0.2, 0) is 19.1 Å². The zero-order valence-corrected chi connectivity index (χ0v) is 17.9. The number of carbonyl (C=O) groups excluding carboxylic acids is 3. The molecular weight excluding hydrogens is 390 g/mol. The molecule has 1 aromatic rings. The van der Waals surface area contributed by atoms with Gasteiger partial charge in [-0.3, -0.25) is 14.4 Å². The summed E-state index contributed by atoms with van der Waals surface area (Å²) in [7, 11) is 3.01. The van der Waals surface area contributed by atoms with Crippen LogP contribution in [-0.4, -0.2) is 50.7 Å². The first-order chi connectivity index (χ1) is 14.1.